The number of azide groups is 1. The van der Waals surface area contributed by atoms with Crippen molar-refractivity contribution in [3.8, 4) is 0 Å². The second kappa shape index (κ2) is 2.93. The van der Waals surface area contributed by atoms with Gasteiger partial charge in [0, 0.05) is 24.9 Å². The van der Waals surface area contributed by atoms with Crippen LogP contribution in [0.4, 0.5) is 0 Å². The summed E-state index contributed by atoms with van der Waals surface area (Å²) in [6.45, 7) is 0.816. The fraction of sp³-hybridized carbons (Fsp3) is 0.750. The molecule has 1 rings (SSSR count). The number of hydrogen-bond acceptors (Lipinski definition) is 4. The summed E-state index contributed by atoms with van der Waals surface area (Å²) < 4.78 is 0. The van der Waals surface area contributed by atoms with E-state index >= 15 is 0 Å². The molecule has 0 aliphatic carbocycles. The highest BCUT2D eigenvalue weighted by Crippen LogP contribution is 2.03. The first kappa shape index (κ1) is 6.70. The summed E-state index contributed by atoms with van der Waals surface area (Å²) in [5.74, 6) is 0.473. The maximum atomic E-state index is 7.86. The van der Waals surface area contributed by atoms with Gasteiger partial charge in [0.15, 0.2) is 0 Å². The molecule has 1 aliphatic heterocycles. The summed E-state index contributed by atoms with van der Waals surface area (Å²) in [5, 5.41) is 8.52. The van der Waals surface area contributed by atoms with Gasteiger partial charge in [-0.05, 0) is 5.53 Å². The third-order valence-electron chi connectivity index (χ3n) is 1.11. The van der Waals surface area contributed by atoms with Gasteiger partial charge < -0.3 is 4.84 Å². The summed E-state index contributed by atoms with van der Waals surface area (Å²) in [6.07, 6.45) is 0.704. The minimum absolute atomic E-state index is 0.473. The van der Waals surface area contributed by atoms with Crippen molar-refractivity contribution in [2.45, 2.75) is 6.42 Å². The predicted octanol–water partition coefficient (Wildman–Crippen LogP) is 0.877. The second-order valence-corrected chi connectivity index (χ2v) is 1.89. The van der Waals surface area contributed by atoms with E-state index in [9.17, 15) is 0 Å². The Morgan fingerprint density at radius 1 is 1.90 bits per heavy atom. The highest BCUT2D eigenvalue weighted by Gasteiger charge is 2.10. The molecule has 1 aliphatic rings. The lowest BCUT2D eigenvalue weighted by Crippen LogP contribution is -2.04. The van der Waals surface area contributed by atoms with Crippen LogP contribution in [-0.2, 0) is 4.84 Å². The van der Waals surface area contributed by atoms with E-state index in [4.69, 9.17) is 5.53 Å². The molecule has 0 saturated heterocycles. The molecule has 0 aromatic carbocycles. The average molecular weight is 141 g/mol. The lowest BCUT2D eigenvalue weighted by molar-refractivity contribution is 0.310. The molecular formula is C4H7N5O. The van der Waals surface area contributed by atoms with Crippen LogP contribution in [0.3, 0.4) is 0 Å². The molecule has 0 radical (unpaired) electrons. The van der Waals surface area contributed by atoms with Crippen LogP contribution in [0, 0.1) is 0 Å². The van der Waals surface area contributed by atoms with Gasteiger partial charge in [-0.15, -0.1) is 5.10 Å². The number of hydrazone groups is 1. The lowest BCUT2D eigenvalue weighted by atomic mass is 10.4. The standard InChI is InChI=1S/C4H7N5O/c1-9-3-2-4(6-9)10-8-7-5/h2-3H2,1H3. The van der Waals surface area contributed by atoms with Crippen LogP contribution in [-0.4, -0.2) is 24.5 Å². The zero-order chi connectivity index (χ0) is 7.40. The van der Waals surface area contributed by atoms with E-state index in [1.807, 2.05) is 7.05 Å². The Morgan fingerprint density at radius 3 is 3.20 bits per heavy atom. The summed E-state index contributed by atoms with van der Waals surface area (Å²) in [6, 6.07) is 0. The third-order valence-corrected chi connectivity index (χ3v) is 1.11. The fourth-order valence-corrected chi connectivity index (χ4v) is 0.677. The van der Waals surface area contributed by atoms with Gasteiger partial charge in [-0.1, -0.05) is 0 Å². The Kier molecular flexibility index (Phi) is 1.96. The molecule has 0 bridgehead atoms. The highest BCUT2D eigenvalue weighted by molar-refractivity contribution is 5.77. The molecule has 1 heterocycles. The van der Waals surface area contributed by atoms with E-state index in [0.29, 0.717) is 12.3 Å². The van der Waals surface area contributed by atoms with Crippen LogP contribution in [0.5, 0.6) is 0 Å². The van der Waals surface area contributed by atoms with Crippen molar-refractivity contribution in [3.05, 3.63) is 10.4 Å². The van der Waals surface area contributed by atoms with E-state index in [1.54, 1.807) is 5.01 Å². The molecular weight excluding hydrogens is 134 g/mol. The lowest BCUT2D eigenvalue weighted by Gasteiger charge is -1.99. The number of rotatable bonds is 1. The van der Waals surface area contributed by atoms with Gasteiger partial charge in [0.2, 0.25) is 5.90 Å². The first-order chi connectivity index (χ1) is 4.83. The maximum absolute atomic E-state index is 7.86. The average Bonchev–Trinajstić information content (AvgIpc) is 2.31. The van der Waals surface area contributed by atoms with Gasteiger partial charge in [0.25, 0.3) is 0 Å². The summed E-state index contributed by atoms with van der Waals surface area (Å²) in [4.78, 5) is 6.97. The number of hydrogen-bond donors (Lipinski definition) is 0. The van der Waals surface area contributed by atoms with Crippen LogP contribution >= 0.6 is 0 Å². The molecule has 0 unspecified atom stereocenters. The minimum atomic E-state index is 0.473. The van der Waals surface area contributed by atoms with Crippen LogP contribution < -0.4 is 0 Å². The second-order valence-electron chi connectivity index (χ2n) is 1.89. The van der Waals surface area contributed by atoms with Crippen LogP contribution in [0.15, 0.2) is 10.4 Å². The van der Waals surface area contributed by atoms with Crippen molar-refractivity contribution in [2.24, 2.45) is 10.4 Å². The Morgan fingerprint density at radius 2 is 2.70 bits per heavy atom. The Bertz CT molecular complexity index is 194. The van der Waals surface area contributed by atoms with Crippen LogP contribution in [0.2, 0.25) is 0 Å². The molecule has 0 aromatic rings. The van der Waals surface area contributed by atoms with Gasteiger partial charge in [-0.25, -0.2) is 0 Å². The van der Waals surface area contributed by atoms with Crippen molar-refractivity contribution in [1.29, 1.82) is 0 Å². The molecule has 10 heavy (non-hydrogen) atoms. The normalized spacial score (nSPS) is 16.1. The zero-order valence-electron chi connectivity index (χ0n) is 5.56. The molecule has 0 fully saturated rings. The molecule has 0 atom stereocenters. The molecule has 0 saturated carbocycles. The topological polar surface area (TPSA) is 73.6 Å². The van der Waals surface area contributed by atoms with Gasteiger partial charge in [0.05, 0.1) is 0 Å². The summed E-state index contributed by atoms with van der Waals surface area (Å²) >= 11 is 0. The minimum Gasteiger partial charge on any atom is -0.377 e. The first-order valence-corrected chi connectivity index (χ1v) is 2.83. The third kappa shape index (κ3) is 1.53. The van der Waals surface area contributed by atoms with Gasteiger partial charge >= 0.3 is 0 Å². The predicted molar refractivity (Wildman–Crippen MR) is 34.9 cm³/mol. The van der Waals surface area contributed by atoms with Crippen LogP contribution in [0.1, 0.15) is 6.42 Å². The van der Waals surface area contributed by atoms with Crippen molar-refractivity contribution >= 4 is 5.90 Å². The maximum Gasteiger partial charge on any atom is 0.222 e. The Balaban J connectivity index is 2.42. The van der Waals surface area contributed by atoms with E-state index < -0.39 is 0 Å². The van der Waals surface area contributed by atoms with E-state index in [-0.39, 0.29) is 0 Å². The van der Waals surface area contributed by atoms with Crippen molar-refractivity contribution < 1.29 is 4.84 Å². The molecule has 6 heteroatoms. The fourth-order valence-electron chi connectivity index (χ4n) is 0.677. The van der Waals surface area contributed by atoms with Gasteiger partial charge in [-0.3, -0.25) is 5.01 Å². The quantitative estimate of drug-likeness (QED) is 0.235. The van der Waals surface area contributed by atoms with Gasteiger partial charge in [0.1, 0.15) is 5.28 Å². The summed E-state index contributed by atoms with van der Waals surface area (Å²) in [5.41, 5.74) is 7.86. The van der Waals surface area contributed by atoms with Gasteiger partial charge in [-0.2, -0.15) is 0 Å². The highest BCUT2D eigenvalue weighted by atomic mass is 16.7. The first-order valence-electron chi connectivity index (χ1n) is 2.83. The zero-order valence-corrected chi connectivity index (χ0v) is 5.56. The summed E-state index contributed by atoms with van der Waals surface area (Å²) in [7, 11) is 1.83. The molecule has 0 amide bonds. The van der Waals surface area contributed by atoms with E-state index in [2.05, 4.69) is 20.1 Å². The Labute approximate surface area is 57.7 Å². The molecule has 0 N–H and O–H groups in total. The van der Waals surface area contributed by atoms with Crippen molar-refractivity contribution in [3.63, 3.8) is 0 Å². The van der Waals surface area contributed by atoms with E-state index in [0.717, 1.165) is 6.54 Å². The number of nitrogens with zero attached hydrogens (tertiary/aromatic N) is 5. The monoisotopic (exact) mass is 141 g/mol. The largest absolute Gasteiger partial charge is 0.377 e. The molecule has 0 spiro atoms. The van der Waals surface area contributed by atoms with Crippen molar-refractivity contribution in [1.82, 2.24) is 5.01 Å². The van der Waals surface area contributed by atoms with Crippen LogP contribution in [0.25, 0.3) is 10.4 Å². The van der Waals surface area contributed by atoms with E-state index in [1.165, 1.54) is 0 Å². The smallest absolute Gasteiger partial charge is 0.222 e. The Hall–Kier alpha value is -1.42. The molecule has 6 nitrogen and oxygen atoms in total. The SMILES string of the molecule is CN1CCC(ON=[N+]=[N-])=N1. The molecule has 54 valence electrons. The van der Waals surface area contributed by atoms with Crippen molar-refractivity contribution in [2.75, 3.05) is 13.6 Å². The molecule has 0 aromatic heterocycles.